The molecule has 1 saturated heterocycles. The van der Waals surface area contributed by atoms with Crippen LogP contribution >= 0.6 is 11.8 Å². The Morgan fingerprint density at radius 2 is 2.25 bits per heavy atom. The monoisotopic (exact) mass is 351 g/mol. The van der Waals surface area contributed by atoms with Gasteiger partial charge in [0.25, 0.3) is 5.91 Å². The first kappa shape index (κ1) is 17.7. The predicted molar refractivity (Wildman–Crippen MR) is 92.6 cm³/mol. The molecule has 1 saturated carbocycles. The molecule has 2 fully saturated rings. The minimum Gasteiger partial charge on any atom is -0.379 e. The number of rotatable bonds is 8. The first-order chi connectivity index (χ1) is 11.7. The first-order valence-corrected chi connectivity index (χ1v) is 9.38. The van der Waals surface area contributed by atoms with Crippen molar-refractivity contribution in [2.75, 3.05) is 46.5 Å². The number of morpholine rings is 1. The van der Waals surface area contributed by atoms with Crippen molar-refractivity contribution in [3.8, 4) is 0 Å². The van der Waals surface area contributed by atoms with Crippen LogP contribution in [0.15, 0.2) is 29.4 Å². The summed E-state index contributed by atoms with van der Waals surface area (Å²) >= 11 is 1.50. The second-order valence-electron chi connectivity index (χ2n) is 6.26. The van der Waals surface area contributed by atoms with Gasteiger partial charge in [0.15, 0.2) is 0 Å². The van der Waals surface area contributed by atoms with Gasteiger partial charge in [-0.1, -0.05) is 17.8 Å². The van der Waals surface area contributed by atoms with Gasteiger partial charge in [-0.3, -0.25) is 14.5 Å². The zero-order valence-corrected chi connectivity index (χ0v) is 14.9. The van der Waals surface area contributed by atoms with E-state index in [9.17, 15) is 4.79 Å². The fraction of sp³-hybridized carbons (Fsp3) is 0.647. The molecule has 0 bridgehead atoms. The van der Waals surface area contributed by atoms with E-state index in [0.717, 1.165) is 31.3 Å². The van der Waals surface area contributed by atoms with Gasteiger partial charge >= 0.3 is 0 Å². The normalized spacial score (nSPS) is 19.9. The van der Waals surface area contributed by atoms with E-state index < -0.39 is 0 Å². The van der Waals surface area contributed by atoms with Gasteiger partial charge < -0.3 is 4.74 Å². The van der Waals surface area contributed by atoms with Crippen molar-refractivity contribution in [2.45, 2.75) is 23.1 Å². The Morgan fingerprint density at radius 3 is 2.92 bits per heavy atom. The second-order valence-corrected chi connectivity index (χ2v) is 7.49. The quantitative estimate of drug-likeness (QED) is 0.525. The minimum absolute atomic E-state index is 0.00204. The fourth-order valence-corrected chi connectivity index (χ4v) is 3.62. The van der Waals surface area contributed by atoms with Crippen molar-refractivity contribution < 1.29 is 14.4 Å². The van der Waals surface area contributed by atoms with Crippen LogP contribution in [0.3, 0.4) is 0 Å². The highest BCUT2D eigenvalue weighted by Crippen LogP contribution is 2.29. The van der Waals surface area contributed by atoms with Crippen LogP contribution < -0.4 is 0 Å². The summed E-state index contributed by atoms with van der Waals surface area (Å²) in [5, 5.41) is 2.04. The number of hydrogen-bond donors (Lipinski definition) is 0. The molecule has 132 valence electrons. The molecule has 3 rings (SSSR count). The van der Waals surface area contributed by atoms with E-state index in [-0.39, 0.29) is 11.2 Å². The molecular formula is C17H25N3O3S. The van der Waals surface area contributed by atoms with Gasteiger partial charge in [-0.2, -0.15) is 0 Å². The fourth-order valence-electron chi connectivity index (χ4n) is 2.51. The number of carbonyl (C=O) groups excluding carboxylic acids is 1. The van der Waals surface area contributed by atoms with Crippen LogP contribution in [0, 0.1) is 5.92 Å². The van der Waals surface area contributed by atoms with Crippen LogP contribution in [0.5, 0.6) is 0 Å². The van der Waals surface area contributed by atoms with Crippen LogP contribution in [0.2, 0.25) is 0 Å². The summed E-state index contributed by atoms with van der Waals surface area (Å²) in [5.74, 6) is 0.624. The lowest BCUT2D eigenvalue weighted by atomic mass is 10.3. The maximum atomic E-state index is 12.8. The van der Waals surface area contributed by atoms with E-state index >= 15 is 0 Å². The first-order valence-electron chi connectivity index (χ1n) is 8.50. The highest BCUT2D eigenvalue weighted by molar-refractivity contribution is 8.00. The lowest BCUT2D eigenvalue weighted by Gasteiger charge is -2.31. The van der Waals surface area contributed by atoms with Crippen LogP contribution in [0.4, 0.5) is 0 Å². The third kappa shape index (κ3) is 5.44. The summed E-state index contributed by atoms with van der Waals surface area (Å²) < 4.78 is 5.40. The molecule has 0 radical (unpaired) electrons. The summed E-state index contributed by atoms with van der Waals surface area (Å²) in [6.07, 6.45) is 4.18. The predicted octanol–water partition coefficient (Wildman–Crippen LogP) is 1.67. The Labute approximate surface area is 147 Å². The number of hydrogen-bond acceptors (Lipinski definition) is 6. The Kier molecular flexibility index (Phi) is 6.48. The van der Waals surface area contributed by atoms with Gasteiger partial charge in [0, 0.05) is 32.9 Å². The molecule has 1 aliphatic heterocycles. The Morgan fingerprint density at radius 1 is 1.46 bits per heavy atom. The van der Waals surface area contributed by atoms with Crippen LogP contribution in [-0.2, 0) is 14.4 Å². The van der Waals surface area contributed by atoms with Crippen LogP contribution in [0.1, 0.15) is 12.8 Å². The molecule has 1 aliphatic carbocycles. The van der Waals surface area contributed by atoms with Crippen molar-refractivity contribution in [3.63, 3.8) is 0 Å². The molecular weight excluding hydrogens is 326 g/mol. The number of amides is 1. The molecule has 1 unspecified atom stereocenters. The maximum absolute atomic E-state index is 12.8. The van der Waals surface area contributed by atoms with Crippen LogP contribution in [0.25, 0.3) is 0 Å². The number of aromatic nitrogens is 1. The van der Waals surface area contributed by atoms with E-state index in [1.54, 1.807) is 13.2 Å². The minimum atomic E-state index is -0.234. The van der Waals surface area contributed by atoms with Gasteiger partial charge in [0.2, 0.25) is 0 Å². The third-order valence-corrected chi connectivity index (χ3v) is 5.33. The molecule has 0 N–H and O–H groups in total. The largest absolute Gasteiger partial charge is 0.379 e. The summed E-state index contributed by atoms with van der Waals surface area (Å²) in [6.45, 7) is 4.49. The van der Waals surface area contributed by atoms with Crippen molar-refractivity contribution in [1.29, 1.82) is 0 Å². The van der Waals surface area contributed by atoms with Crippen molar-refractivity contribution >= 4 is 17.7 Å². The lowest BCUT2D eigenvalue weighted by Crippen LogP contribution is -2.45. The average Bonchev–Trinajstić information content (AvgIpc) is 3.45. The summed E-state index contributed by atoms with van der Waals surface area (Å²) in [5.41, 5.74) is 0. The van der Waals surface area contributed by atoms with E-state index in [1.165, 1.54) is 29.7 Å². The highest BCUT2D eigenvalue weighted by atomic mass is 32.2. The number of hydroxylamine groups is 2. The SMILES string of the molecule is CN(OCC1CC1)C(=O)C(CN1CCOCC1)Sc1ccccn1. The average molecular weight is 351 g/mol. The molecule has 1 amide bonds. The lowest BCUT2D eigenvalue weighted by molar-refractivity contribution is -0.179. The summed E-state index contributed by atoms with van der Waals surface area (Å²) in [6, 6.07) is 5.77. The Bertz CT molecular complexity index is 521. The van der Waals surface area contributed by atoms with Gasteiger partial charge in [0.05, 0.1) is 24.8 Å². The summed E-state index contributed by atoms with van der Waals surface area (Å²) in [7, 11) is 1.72. The number of carbonyl (C=O) groups is 1. The molecule has 2 heterocycles. The van der Waals surface area contributed by atoms with Crippen molar-refractivity contribution in [3.05, 3.63) is 24.4 Å². The van der Waals surface area contributed by atoms with Gasteiger partial charge in [-0.25, -0.2) is 10.0 Å². The summed E-state index contributed by atoms with van der Waals surface area (Å²) in [4.78, 5) is 25.1. The molecule has 6 nitrogen and oxygen atoms in total. The van der Waals surface area contributed by atoms with Gasteiger partial charge in [0.1, 0.15) is 5.25 Å². The number of pyridine rings is 1. The number of thioether (sulfide) groups is 1. The van der Waals surface area contributed by atoms with E-state index in [1.807, 2.05) is 18.2 Å². The van der Waals surface area contributed by atoms with E-state index in [0.29, 0.717) is 19.1 Å². The number of nitrogens with zero attached hydrogens (tertiary/aromatic N) is 3. The molecule has 7 heteroatoms. The molecule has 24 heavy (non-hydrogen) atoms. The molecule has 1 aromatic rings. The van der Waals surface area contributed by atoms with Crippen molar-refractivity contribution in [2.24, 2.45) is 5.92 Å². The van der Waals surface area contributed by atoms with Crippen molar-refractivity contribution in [1.82, 2.24) is 14.9 Å². The standard InChI is InChI=1S/C17H25N3O3S/c1-19(23-13-14-5-6-14)17(21)15(12-20-8-10-22-11-9-20)24-16-4-2-3-7-18-16/h2-4,7,14-15H,5-6,8-13H2,1H3. The topological polar surface area (TPSA) is 54.9 Å². The van der Waals surface area contributed by atoms with E-state index in [2.05, 4.69) is 9.88 Å². The van der Waals surface area contributed by atoms with E-state index in [4.69, 9.17) is 9.57 Å². The molecule has 1 aromatic heterocycles. The Balaban J connectivity index is 1.61. The zero-order valence-electron chi connectivity index (χ0n) is 14.1. The second kappa shape index (κ2) is 8.80. The molecule has 1 atom stereocenters. The highest BCUT2D eigenvalue weighted by Gasteiger charge is 2.29. The molecule has 0 aromatic carbocycles. The zero-order chi connectivity index (χ0) is 16.8. The maximum Gasteiger partial charge on any atom is 0.260 e. The van der Waals surface area contributed by atoms with Crippen LogP contribution in [-0.4, -0.2) is 72.6 Å². The smallest absolute Gasteiger partial charge is 0.260 e. The molecule has 0 spiro atoms. The van der Waals surface area contributed by atoms with Gasteiger partial charge in [-0.05, 0) is 30.9 Å². The molecule has 2 aliphatic rings. The Hall–Kier alpha value is -1.15. The van der Waals surface area contributed by atoms with Gasteiger partial charge in [-0.15, -0.1) is 0 Å². The third-order valence-electron chi connectivity index (χ3n) is 4.22. The number of ether oxygens (including phenoxy) is 1.